The van der Waals surface area contributed by atoms with E-state index in [1.54, 1.807) is 0 Å². The molecule has 3 nitrogen and oxygen atoms in total. The van der Waals surface area contributed by atoms with Crippen LogP contribution in [0.15, 0.2) is 0 Å². The van der Waals surface area contributed by atoms with Crippen LogP contribution in [-0.2, 0) is 4.79 Å². The number of amides is 1. The molecular formula is C15H27ClN2O. The lowest BCUT2D eigenvalue weighted by Gasteiger charge is -2.29. The SMILES string of the molecule is CC1CCC(CC(=O)N2C3CCNCC2CC3)C1.Cl. The monoisotopic (exact) mass is 286 g/mol. The second kappa shape index (κ2) is 6.45. The summed E-state index contributed by atoms with van der Waals surface area (Å²) < 4.78 is 0. The normalized spacial score (nSPS) is 37.8. The van der Waals surface area contributed by atoms with Gasteiger partial charge in [-0.05, 0) is 50.5 Å². The van der Waals surface area contributed by atoms with Gasteiger partial charge in [0.2, 0.25) is 5.91 Å². The first kappa shape index (κ1) is 15.1. The highest BCUT2D eigenvalue weighted by molar-refractivity contribution is 5.85. The van der Waals surface area contributed by atoms with Crippen LogP contribution in [-0.4, -0.2) is 36.0 Å². The predicted molar refractivity (Wildman–Crippen MR) is 79.5 cm³/mol. The van der Waals surface area contributed by atoms with Gasteiger partial charge in [0.25, 0.3) is 0 Å². The lowest BCUT2D eigenvalue weighted by Crippen LogP contribution is -2.43. The molecule has 2 aliphatic heterocycles. The molecule has 3 fully saturated rings. The van der Waals surface area contributed by atoms with Gasteiger partial charge >= 0.3 is 0 Å². The highest BCUT2D eigenvalue weighted by Gasteiger charge is 2.38. The van der Waals surface area contributed by atoms with Crippen molar-refractivity contribution >= 4 is 18.3 Å². The number of nitrogens with zero attached hydrogens (tertiary/aromatic N) is 1. The van der Waals surface area contributed by atoms with Gasteiger partial charge in [0.15, 0.2) is 0 Å². The van der Waals surface area contributed by atoms with Gasteiger partial charge in [-0.2, -0.15) is 0 Å². The fraction of sp³-hybridized carbons (Fsp3) is 0.933. The minimum Gasteiger partial charge on any atom is -0.335 e. The summed E-state index contributed by atoms with van der Waals surface area (Å²) in [6, 6.07) is 1.03. The largest absolute Gasteiger partial charge is 0.335 e. The van der Waals surface area contributed by atoms with Crippen LogP contribution in [0.25, 0.3) is 0 Å². The number of hydrogen-bond donors (Lipinski definition) is 1. The van der Waals surface area contributed by atoms with Crippen molar-refractivity contribution in [1.29, 1.82) is 0 Å². The van der Waals surface area contributed by atoms with Gasteiger partial charge in [-0.1, -0.05) is 13.3 Å². The van der Waals surface area contributed by atoms with Crippen LogP contribution in [0.2, 0.25) is 0 Å². The summed E-state index contributed by atoms with van der Waals surface area (Å²) in [5.74, 6) is 1.96. The quantitative estimate of drug-likeness (QED) is 0.846. The minimum absolute atomic E-state index is 0. The maximum Gasteiger partial charge on any atom is 0.223 e. The number of nitrogens with one attached hydrogen (secondary N) is 1. The van der Waals surface area contributed by atoms with E-state index < -0.39 is 0 Å². The minimum atomic E-state index is 0. The first-order valence-electron chi connectivity index (χ1n) is 7.76. The second-order valence-corrected chi connectivity index (χ2v) is 6.67. The van der Waals surface area contributed by atoms with Gasteiger partial charge in [-0.15, -0.1) is 12.4 Å². The fourth-order valence-corrected chi connectivity index (χ4v) is 4.25. The second-order valence-electron chi connectivity index (χ2n) is 6.67. The lowest BCUT2D eigenvalue weighted by atomic mass is 10.0. The van der Waals surface area contributed by atoms with Gasteiger partial charge in [-0.3, -0.25) is 4.79 Å². The molecule has 3 rings (SSSR count). The van der Waals surface area contributed by atoms with Crippen molar-refractivity contribution in [2.24, 2.45) is 11.8 Å². The van der Waals surface area contributed by atoms with E-state index in [1.807, 2.05) is 0 Å². The molecule has 1 aliphatic carbocycles. The van der Waals surface area contributed by atoms with E-state index in [0.29, 0.717) is 23.9 Å². The first-order valence-corrected chi connectivity index (χ1v) is 7.76. The van der Waals surface area contributed by atoms with Gasteiger partial charge in [0, 0.05) is 25.0 Å². The highest BCUT2D eigenvalue weighted by Crippen LogP contribution is 2.35. The molecule has 1 saturated carbocycles. The van der Waals surface area contributed by atoms with Crippen molar-refractivity contribution in [2.75, 3.05) is 13.1 Å². The average molecular weight is 287 g/mol. The van der Waals surface area contributed by atoms with Gasteiger partial charge in [-0.25, -0.2) is 0 Å². The Bertz CT molecular complexity index is 309. The van der Waals surface area contributed by atoms with Crippen molar-refractivity contribution < 1.29 is 4.79 Å². The van der Waals surface area contributed by atoms with Crippen LogP contribution < -0.4 is 5.32 Å². The van der Waals surface area contributed by atoms with E-state index in [9.17, 15) is 4.79 Å². The van der Waals surface area contributed by atoms with Crippen molar-refractivity contribution in [3.63, 3.8) is 0 Å². The first-order chi connectivity index (χ1) is 8.74. The molecule has 2 saturated heterocycles. The molecule has 0 radical (unpaired) electrons. The van der Waals surface area contributed by atoms with E-state index in [0.717, 1.165) is 31.8 Å². The van der Waals surface area contributed by atoms with Crippen molar-refractivity contribution in [3.8, 4) is 0 Å². The molecule has 4 heteroatoms. The smallest absolute Gasteiger partial charge is 0.223 e. The summed E-state index contributed by atoms with van der Waals surface area (Å²) in [5.41, 5.74) is 0. The van der Waals surface area contributed by atoms with Crippen LogP contribution >= 0.6 is 12.4 Å². The Hall–Kier alpha value is -0.280. The molecule has 4 unspecified atom stereocenters. The third-order valence-corrected chi connectivity index (χ3v) is 5.21. The molecule has 2 heterocycles. The van der Waals surface area contributed by atoms with Crippen molar-refractivity contribution in [2.45, 2.75) is 64.0 Å². The lowest BCUT2D eigenvalue weighted by molar-refractivity contribution is -0.134. The zero-order chi connectivity index (χ0) is 12.5. The molecular weight excluding hydrogens is 260 g/mol. The van der Waals surface area contributed by atoms with E-state index in [2.05, 4.69) is 17.1 Å². The number of hydrogen-bond acceptors (Lipinski definition) is 2. The molecule has 1 amide bonds. The van der Waals surface area contributed by atoms with Crippen LogP contribution in [0.3, 0.4) is 0 Å². The maximum atomic E-state index is 12.6. The highest BCUT2D eigenvalue weighted by atomic mass is 35.5. The molecule has 0 aromatic heterocycles. The Morgan fingerprint density at radius 2 is 1.95 bits per heavy atom. The van der Waals surface area contributed by atoms with Crippen LogP contribution in [0.4, 0.5) is 0 Å². The fourth-order valence-electron chi connectivity index (χ4n) is 4.25. The van der Waals surface area contributed by atoms with E-state index >= 15 is 0 Å². The van der Waals surface area contributed by atoms with Crippen molar-refractivity contribution in [1.82, 2.24) is 10.2 Å². The Morgan fingerprint density at radius 3 is 2.68 bits per heavy atom. The zero-order valence-electron chi connectivity index (χ0n) is 11.9. The number of carbonyl (C=O) groups is 1. The Morgan fingerprint density at radius 1 is 1.16 bits per heavy atom. The zero-order valence-corrected chi connectivity index (χ0v) is 12.8. The summed E-state index contributed by atoms with van der Waals surface area (Å²) in [7, 11) is 0. The van der Waals surface area contributed by atoms with Gasteiger partial charge in [0.05, 0.1) is 0 Å². The molecule has 1 N–H and O–H groups in total. The van der Waals surface area contributed by atoms with Crippen LogP contribution in [0.5, 0.6) is 0 Å². The Balaban J connectivity index is 0.00000133. The number of halogens is 1. The topological polar surface area (TPSA) is 32.3 Å². The van der Waals surface area contributed by atoms with E-state index in [4.69, 9.17) is 0 Å². The molecule has 3 aliphatic rings. The molecule has 4 atom stereocenters. The van der Waals surface area contributed by atoms with Crippen molar-refractivity contribution in [3.05, 3.63) is 0 Å². The summed E-state index contributed by atoms with van der Waals surface area (Å²) in [6.45, 7) is 4.43. The van der Waals surface area contributed by atoms with Gasteiger partial charge < -0.3 is 10.2 Å². The predicted octanol–water partition coefficient (Wildman–Crippen LogP) is 2.59. The van der Waals surface area contributed by atoms with Crippen LogP contribution in [0.1, 0.15) is 51.9 Å². The number of carbonyl (C=O) groups excluding carboxylic acids is 1. The van der Waals surface area contributed by atoms with Gasteiger partial charge in [0.1, 0.15) is 0 Å². The molecule has 19 heavy (non-hydrogen) atoms. The maximum absolute atomic E-state index is 12.6. The third kappa shape index (κ3) is 3.25. The molecule has 0 aromatic carbocycles. The van der Waals surface area contributed by atoms with E-state index in [1.165, 1.54) is 32.1 Å². The summed E-state index contributed by atoms with van der Waals surface area (Å²) in [4.78, 5) is 14.8. The summed E-state index contributed by atoms with van der Waals surface area (Å²) in [6.07, 6.45) is 8.29. The van der Waals surface area contributed by atoms with E-state index in [-0.39, 0.29) is 12.4 Å². The Kier molecular flexibility index (Phi) is 5.13. The number of rotatable bonds is 2. The molecule has 2 bridgehead atoms. The third-order valence-electron chi connectivity index (χ3n) is 5.21. The van der Waals surface area contributed by atoms with Crippen LogP contribution in [0, 0.1) is 11.8 Å². The Labute approximate surface area is 122 Å². The summed E-state index contributed by atoms with van der Waals surface area (Å²) in [5, 5.41) is 3.47. The standard InChI is InChI=1S/C15H26N2O.ClH/c1-11-2-3-12(8-11)9-15(18)17-13-4-5-14(17)10-16-7-6-13;/h11-14,16H,2-10H2,1H3;1H. The summed E-state index contributed by atoms with van der Waals surface area (Å²) >= 11 is 0. The number of fused-ring (bicyclic) bond motifs is 2. The average Bonchev–Trinajstić information content (AvgIpc) is 2.81. The molecule has 0 spiro atoms. The molecule has 110 valence electrons. The molecule has 0 aromatic rings.